The van der Waals surface area contributed by atoms with E-state index < -0.39 is 22.7 Å². The predicted octanol–water partition coefficient (Wildman–Crippen LogP) is 2.04. The fraction of sp³-hybridized carbons (Fsp3) is 0.667. The van der Waals surface area contributed by atoms with Crippen molar-refractivity contribution in [2.75, 3.05) is 26.2 Å². The Labute approximate surface area is 141 Å². The number of hydrogen-bond acceptors (Lipinski definition) is 4. The van der Waals surface area contributed by atoms with Crippen molar-refractivity contribution in [3.05, 3.63) is 22.4 Å². The first-order chi connectivity index (χ1) is 10.7. The number of piperidine rings is 1. The predicted molar refractivity (Wildman–Crippen MR) is 90.7 cm³/mol. The summed E-state index contributed by atoms with van der Waals surface area (Å²) >= 11 is 1.55. The molecule has 1 aliphatic rings. The van der Waals surface area contributed by atoms with Crippen LogP contribution in [0.1, 0.15) is 31.6 Å². The molecule has 1 aliphatic heterocycles. The third-order valence-corrected chi connectivity index (χ3v) is 7.15. The molecular formula is C15H24N2O4S2. The van der Waals surface area contributed by atoms with Crippen LogP contribution in [0.2, 0.25) is 0 Å². The summed E-state index contributed by atoms with van der Waals surface area (Å²) in [5.74, 6) is -1.13. The molecule has 0 aliphatic carbocycles. The summed E-state index contributed by atoms with van der Waals surface area (Å²) < 4.78 is 28.1. The van der Waals surface area contributed by atoms with E-state index in [1.807, 2.05) is 17.5 Å². The average molecular weight is 361 g/mol. The van der Waals surface area contributed by atoms with Crippen molar-refractivity contribution in [3.63, 3.8) is 0 Å². The Balaban J connectivity index is 2.08. The first-order valence-corrected chi connectivity index (χ1v) is 9.98. The molecule has 1 N–H and O–H groups in total. The van der Waals surface area contributed by atoms with Gasteiger partial charge in [0.15, 0.2) is 0 Å². The van der Waals surface area contributed by atoms with Gasteiger partial charge in [0.1, 0.15) is 6.54 Å². The number of carbonyl (C=O) groups is 1. The largest absolute Gasteiger partial charge is 0.480 e. The van der Waals surface area contributed by atoms with Crippen LogP contribution in [0.25, 0.3) is 0 Å². The molecule has 0 saturated carbocycles. The van der Waals surface area contributed by atoms with E-state index >= 15 is 0 Å². The van der Waals surface area contributed by atoms with Gasteiger partial charge in [-0.1, -0.05) is 19.9 Å². The van der Waals surface area contributed by atoms with Crippen LogP contribution in [-0.4, -0.2) is 54.3 Å². The van der Waals surface area contributed by atoms with E-state index in [-0.39, 0.29) is 12.0 Å². The molecule has 1 fully saturated rings. The van der Waals surface area contributed by atoms with Crippen molar-refractivity contribution >= 4 is 27.5 Å². The summed E-state index contributed by atoms with van der Waals surface area (Å²) in [6, 6.07) is 3.84. The maximum absolute atomic E-state index is 12.8. The van der Waals surface area contributed by atoms with Crippen molar-refractivity contribution < 1.29 is 18.3 Å². The van der Waals surface area contributed by atoms with E-state index in [2.05, 4.69) is 13.8 Å². The van der Waals surface area contributed by atoms with Crippen molar-refractivity contribution in [3.8, 4) is 0 Å². The highest BCUT2D eigenvalue weighted by Crippen LogP contribution is 2.31. The lowest BCUT2D eigenvalue weighted by Gasteiger charge is -2.38. The fourth-order valence-electron chi connectivity index (χ4n) is 2.60. The zero-order chi connectivity index (χ0) is 17.1. The first-order valence-electron chi connectivity index (χ1n) is 7.70. The monoisotopic (exact) mass is 360 g/mol. The highest BCUT2D eigenvalue weighted by atomic mass is 32.2. The minimum absolute atomic E-state index is 0.140. The van der Waals surface area contributed by atoms with Crippen LogP contribution in [0.3, 0.4) is 0 Å². The topological polar surface area (TPSA) is 77.9 Å². The molecule has 0 radical (unpaired) electrons. The standard InChI is InChI=1S/C15H24N2O4S2/c1-15(2)6-9-16(10-7-15)23(20,21)17(12-14(18)19)8-5-13-4-3-11-22-13/h3-4,11H,5-10,12H2,1-2H3,(H,18,19). The molecule has 0 spiro atoms. The summed E-state index contributed by atoms with van der Waals surface area (Å²) in [6.07, 6.45) is 2.11. The summed E-state index contributed by atoms with van der Waals surface area (Å²) in [5.41, 5.74) is 0.140. The zero-order valence-corrected chi connectivity index (χ0v) is 15.2. The van der Waals surface area contributed by atoms with Gasteiger partial charge in [-0.2, -0.15) is 17.0 Å². The second kappa shape index (κ2) is 7.29. The van der Waals surface area contributed by atoms with Crippen LogP contribution in [0.5, 0.6) is 0 Å². The van der Waals surface area contributed by atoms with E-state index in [4.69, 9.17) is 5.11 Å². The molecule has 0 unspecified atom stereocenters. The van der Waals surface area contributed by atoms with Gasteiger partial charge < -0.3 is 5.11 Å². The van der Waals surface area contributed by atoms with Gasteiger partial charge in [0.25, 0.3) is 10.2 Å². The first kappa shape index (κ1) is 18.4. The highest BCUT2D eigenvalue weighted by Gasteiger charge is 2.36. The smallest absolute Gasteiger partial charge is 0.318 e. The van der Waals surface area contributed by atoms with E-state index in [0.29, 0.717) is 19.5 Å². The van der Waals surface area contributed by atoms with Crippen molar-refractivity contribution in [2.24, 2.45) is 5.41 Å². The maximum Gasteiger partial charge on any atom is 0.318 e. The summed E-state index contributed by atoms with van der Waals surface area (Å²) in [5, 5.41) is 11.0. The van der Waals surface area contributed by atoms with Crippen LogP contribution in [0, 0.1) is 5.41 Å². The fourth-order valence-corrected chi connectivity index (χ4v) is 4.87. The Bertz CT molecular complexity index is 616. The Morgan fingerprint density at radius 1 is 1.39 bits per heavy atom. The molecule has 8 heteroatoms. The Morgan fingerprint density at radius 3 is 2.57 bits per heavy atom. The van der Waals surface area contributed by atoms with E-state index in [1.54, 1.807) is 11.3 Å². The second-order valence-corrected chi connectivity index (χ2v) is 9.59. The molecule has 23 heavy (non-hydrogen) atoms. The molecule has 130 valence electrons. The molecule has 0 aromatic carbocycles. The van der Waals surface area contributed by atoms with Crippen LogP contribution < -0.4 is 0 Å². The van der Waals surface area contributed by atoms with Gasteiger partial charge in [0.2, 0.25) is 0 Å². The number of carboxylic acid groups (broad SMARTS) is 1. The van der Waals surface area contributed by atoms with Gasteiger partial charge in [-0.25, -0.2) is 0 Å². The van der Waals surface area contributed by atoms with Gasteiger partial charge in [-0.05, 0) is 36.1 Å². The number of rotatable bonds is 7. The van der Waals surface area contributed by atoms with E-state index in [1.165, 1.54) is 4.31 Å². The number of carboxylic acids is 1. The molecule has 2 heterocycles. The Morgan fingerprint density at radius 2 is 2.04 bits per heavy atom. The number of aliphatic carboxylic acids is 1. The number of hydrogen-bond donors (Lipinski definition) is 1. The average Bonchev–Trinajstić information content (AvgIpc) is 2.95. The molecular weight excluding hydrogens is 336 g/mol. The Hall–Kier alpha value is -0.960. The van der Waals surface area contributed by atoms with Crippen LogP contribution in [-0.2, 0) is 21.4 Å². The molecule has 0 atom stereocenters. The molecule has 1 aromatic heterocycles. The quantitative estimate of drug-likeness (QED) is 0.807. The summed E-state index contributed by atoms with van der Waals surface area (Å²) in [6.45, 7) is 4.85. The zero-order valence-electron chi connectivity index (χ0n) is 13.6. The van der Waals surface area contributed by atoms with Crippen LogP contribution in [0.4, 0.5) is 0 Å². The lowest BCUT2D eigenvalue weighted by atomic mass is 9.83. The third-order valence-electron chi connectivity index (χ3n) is 4.23. The highest BCUT2D eigenvalue weighted by molar-refractivity contribution is 7.86. The van der Waals surface area contributed by atoms with Crippen molar-refractivity contribution in [2.45, 2.75) is 33.1 Å². The maximum atomic E-state index is 12.8. The number of nitrogens with zero attached hydrogens (tertiary/aromatic N) is 2. The summed E-state index contributed by atoms with van der Waals surface area (Å²) in [4.78, 5) is 12.1. The van der Waals surface area contributed by atoms with Gasteiger partial charge >= 0.3 is 5.97 Å². The molecule has 6 nitrogen and oxygen atoms in total. The van der Waals surface area contributed by atoms with E-state index in [0.717, 1.165) is 22.0 Å². The molecule has 2 rings (SSSR count). The lowest BCUT2D eigenvalue weighted by molar-refractivity contribution is -0.137. The van der Waals surface area contributed by atoms with Crippen LogP contribution >= 0.6 is 11.3 Å². The normalized spacial score (nSPS) is 19.1. The Kier molecular flexibility index (Phi) is 5.83. The summed E-state index contributed by atoms with van der Waals surface area (Å²) in [7, 11) is -3.73. The second-order valence-electron chi connectivity index (χ2n) is 6.63. The van der Waals surface area contributed by atoms with E-state index in [9.17, 15) is 13.2 Å². The third kappa shape index (κ3) is 5.00. The lowest BCUT2D eigenvalue weighted by Crippen LogP contribution is -2.50. The van der Waals surface area contributed by atoms with Crippen LogP contribution in [0.15, 0.2) is 17.5 Å². The van der Waals surface area contributed by atoms with Gasteiger partial charge in [-0.3, -0.25) is 4.79 Å². The molecule has 0 bridgehead atoms. The SMILES string of the molecule is CC1(C)CCN(S(=O)(=O)N(CCc2cccs2)CC(=O)O)CC1. The van der Waals surface area contributed by atoms with Gasteiger partial charge in [-0.15, -0.1) is 11.3 Å². The molecule has 0 amide bonds. The molecule has 1 saturated heterocycles. The minimum Gasteiger partial charge on any atom is -0.480 e. The van der Waals surface area contributed by atoms with Gasteiger partial charge in [0.05, 0.1) is 0 Å². The molecule has 1 aromatic rings. The number of thiophene rings is 1. The van der Waals surface area contributed by atoms with Crippen molar-refractivity contribution in [1.29, 1.82) is 0 Å². The van der Waals surface area contributed by atoms with Crippen molar-refractivity contribution in [1.82, 2.24) is 8.61 Å². The minimum atomic E-state index is -3.73. The van der Waals surface area contributed by atoms with Gasteiger partial charge in [0, 0.05) is 24.5 Å².